The zero-order valence-corrected chi connectivity index (χ0v) is 11.8. The Labute approximate surface area is 113 Å². The van der Waals surface area contributed by atoms with Crippen LogP contribution in [0.15, 0.2) is 24.3 Å². The van der Waals surface area contributed by atoms with E-state index in [-0.39, 0.29) is 11.8 Å². The molecule has 1 aromatic rings. The second-order valence-electron chi connectivity index (χ2n) is 5.67. The summed E-state index contributed by atoms with van der Waals surface area (Å²) < 4.78 is 5.31. The Balaban J connectivity index is 2.37. The molecule has 4 nitrogen and oxygen atoms in total. The smallest absolute Gasteiger partial charge is 0.421 e. The summed E-state index contributed by atoms with van der Waals surface area (Å²) in [6.07, 6.45) is 0.0793. The molecule has 1 atom stereocenters. The van der Waals surface area contributed by atoms with Crippen molar-refractivity contribution in [2.75, 3.05) is 4.90 Å². The maximum absolute atomic E-state index is 12.3. The van der Waals surface area contributed by atoms with E-state index < -0.39 is 11.7 Å². The number of ether oxygens (including phenoxy) is 1. The van der Waals surface area contributed by atoms with Crippen molar-refractivity contribution in [3.05, 3.63) is 29.8 Å². The Morgan fingerprint density at radius 2 is 1.95 bits per heavy atom. The predicted molar refractivity (Wildman–Crippen MR) is 73.2 cm³/mol. The minimum Gasteiger partial charge on any atom is -0.443 e. The third-order valence-electron chi connectivity index (χ3n) is 3.06. The summed E-state index contributed by atoms with van der Waals surface area (Å²) >= 11 is 0. The van der Waals surface area contributed by atoms with Gasteiger partial charge in [0.2, 0.25) is 5.91 Å². The molecule has 0 aromatic heterocycles. The number of fused-ring (bicyclic) bond motifs is 1. The highest BCUT2D eigenvalue weighted by Crippen LogP contribution is 2.39. The number of anilines is 1. The molecule has 0 spiro atoms. The number of hydrogen-bond donors (Lipinski definition) is 0. The molecule has 4 heteroatoms. The first kappa shape index (κ1) is 13.6. The molecule has 0 bridgehead atoms. The van der Waals surface area contributed by atoms with Crippen molar-refractivity contribution in [3.63, 3.8) is 0 Å². The van der Waals surface area contributed by atoms with Gasteiger partial charge in [-0.15, -0.1) is 0 Å². The highest BCUT2D eigenvalue weighted by atomic mass is 16.6. The summed E-state index contributed by atoms with van der Waals surface area (Å²) in [5.41, 5.74) is 0.936. The van der Waals surface area contributed by atoms with Crippen molar-refractivity contribution in [1.29, 1.82) is 0 Å². The molecule has 0 radical (unpaired) electrons. The molecule has 1 heterocycles. The van der Waals surface area contributed by atoms with Gasteiger partial charge >= 0.3 is 6.09 Å². The summed E-state index contributed by atoms with van der Waals surface area (Å²) in [7, 11) is 0. The normalized spacial score (nSPS) is 18.4. The van der Waals surface area contributed by atoms with Gasteiger partial charge in [0.05, 0.1) is 11.6 Å². The second kappa shape index (κ2) is 4.68. The Morgan fingerprint density at radius 3 is 2.53 bits per heavy atom. The van der Waals surface area contributed by atoms with Gasteiger partial charge in [-0.05, 0) is 38.8 Å². The number of carbonyl (C=O) groups is 2. The molecule has 0 unspecified atom stereocenters. The van der Waals surface area contributed by atoms with E-state index in [0.29, 0.717) is 12.1 Å². The van der Waals surface area contributed by atoms with E-state index >= 15 is 0 Å². The molecule has 2 rings (SSSR count). The van der Waals surface area contributed by atoms with Crippen LogP contribution in [0.1, 0.15) is 45.6 Å². The number of amides is 2. The highest BCUT2D eigenvalue weighted by Gasteiger charge is 2.41. The van der Waals surface area contributed by atoms with E-state index in [4.69, 9.17) is 4.74 Å². The van der Waals surface area contributed by atoms with E-state index in [1.54, 1.807) is 26.8 Å². The molecule has 1 aliphatic heterocycles. The van der Waals surface area contributed by atoms with Crippen LogP contribution in [-0.2, 0) is 9.53 Å². The number of hydrogen-bond acceptors (Lipinski definition) is 3. The van der Waals surface area contributed by atoms with Crippen molar-refractivity contribution >= 4 is 17.7 Å². The number of para-hydroxylation sites is 1. The average molecular weight is 261 g/mol. The van der Waals surface area contributed by atoms with Gasteiger partial charge in [-0.1, -0.05) is 25.1 Å². The first-order valence-corrected chi connectivity index (χ1v) is 6.51. The minimum atomic E-state index is -0.614. The van der Waals surface area contributed by atoms with Gasteiger partial charge in [-0.25, -0.2) is 9.69 Å². The fraction of sp³-hybridized carbons (Fsp3) is 0.467. The molecule has 0 aliphatic carbocycles. The number of imide groups is 1. The Morgan fingerprint density at radius 1 is 1.32 bits per heavy atom. The summed E-state index contributed by atoms with van der Waals surface area (Å²) in [5.74, 6) is -0.443. The molecule has 0 saturated heterocycles. The maximum atomic E-state index is 12.3. The number of benzene rings is 1. The third-order valence-corrected chi connectivity index (χ3v) is 3.06. The first-order valence-electron chi connectivity index (χ1n) is 6.51. The lowest BCUT2D eigenvalue weighted by molar-refractivity contribution is -0.119. The zero-order valence-electron chi connectivity index (χ0n) is 11.8. The summed E-state index contributed by atoms with van der Waals surface area (Å²) in [5, 5.41) is 0. The maximum Gasteiger partial charge on any atom is 0.421 e. The predicted octanol–water partition coefficient (Wildman–Crippen LogP) is 3.46. The van der Waals surface area contributed by atoms with Crippen molar-refractivity contribution in [2.24, 2.45) is 0 Å². The minimum absolute atomic E-state index is 0.196. The van der Waals surface area contributed by atoms with E-state index in [0.717, 1.165) is 10.5 Å². The quantitative estimate of drug-likeness (QED) is 0.777. The molecular weight excluding hydrogens is 242 g/mol. The van der Waals surface area contributed by atoms with Crippen LogP contribution in [-0.4, -0.2) is 17.6 Å². The molecule has 0 saturated carbocycles. The zero-order chi connectivity index (χ0) is 14.2. The van der Waals surface area contributed by atoms with Crippen LogP contribution in [0.5, 0.6) is 0 Å². The van der Waals surface area contributed by atoms with Gasteiger partial charge in [0.25, 0.3) is 0 Å². The van der Waals surface area contributed by atoms with Crippen LogP contribution < -0.4 is 4.90 Å². The molecule has 2 amide bonds. The van der Waals surface area contributed by atoms with Crippen molar-refractivity contribution in [1.82, 2.24) is 0 Å². The monoisotopic (exact) mass is 261 g/mol. The summed E-state index contributed by atoms with van der Waals surface area (Å²) in [4.78, 5) is 25.7. The third kappa shape index (κ3) is 2.48. The van der Waals surface area contributed by atoms with Gasteiger partial charge in [0.15, 0.2) is 0 Å². The molecule has 102 valence electrons. The average Bonchev–Trinajstić information content (AvgIpc) is 2.58. The van der Waals surface area contributed by atoms with Gasteiger partial charge in [0.1, 0.15) is 5.60 Å². The lowest BCUT2D eigenvalue weighted by Crippen LogP contribution is -2.39. The van der Waals surface area contributed by atoms with Crippen LogP contribution in [0.4, 0.5) is 10.5 Å². The number of rotatable bonds is 1. The topological polar surface area (TPSA) is 46.6 Å². The highest BCUT2D eigenvalue weighted by molar-refractivity contribution is 6.19. The van der Waals surface area contributed by atoms with Crippen LogP contribution in [0.2, 0.25) is 0 Å². The van der Waals surface area contributed by atoms with Crippen molar-refractivity contribution in [3.8, 4) is 0 Å². The molecule has 1 aromatic carbocycles. The SMILES string of the molecule is CC[C@H]1C(=O)N(C(=O)OC(C)(C)C)c2ccccc21. The molecular formula is C15H19NO3. The molecule has 19 heavy (non-hydrogen) atoms. The van der Waals surface area contributed by atoms with Gasteiger partial charge in [0, 0.05) is 0 Å². The fourth-order valence-electron chi connectivity index (χ4n) is 2.28. The lowest BCUT2D eigenvalue weighted by Gasteiger charge is -2.24. The van der Waals surface area contributed by atoms with E-state index in [2.05, 4.69) is 0 Å². The Kier molecular flexibility index (Phi) is 3.35. The summed E-state index contributed by atoms with van der Waals surface area (Å²) in [6, 6.07) is 7.38. The first-order chi connectivity index (χ1) is 8.85. The molecule has 0 fully saturated rings. The number of nitrogens with zero attached hydrogens (tertiary/aromatic N) is 1. The van der Waals surface area contributed by atoms with E-state index in [1.165, 1.54) is 0 Å². The largest absolute Gasteiger partial charge is 0.443 e. The van der Waals surface area contributed by atoms with Crippen molar-refractivity contribution in [2.45, 2.75) is 45.6 Å². The Hall–Kier alpha value is -1.84. The van der Waals surface area contributed by atoms with Crippen molar-refractivity contribution < 1.29 is 14.3 Å². The van der Waals surface area contributed by atoms with Crippen LogP contribution >= 0.6 is 0 Å². The Bertz CT molecular complexity index is 516. The lowest BCUT2D eigenvalue weighted by atomic mass is 9.98. The molecule has 1 aliphatic rings. The summed E-state index contributed by atoms with van der Waals surface area (Å²) in [6.45, 7) is 7.30. The van der Waals surface area contributed by atoms with Gasteiger partial charge < -0.3 is 4.74 Å². The van der Waals surface area contributed by atoms with Gasteiger partial charge in [-0.2, -0.15) is 0 Å². The van der Waals surface area contributed by atoms with Crippen LogP contribution in [0.25, 0.3) is 0 Å². The van der Waals surface area contributed by atoms with E-state index in [1.807, 2.05) is 25.1 Å². The van der Waals surface area contributed by atoms with Crippen LogP contribution in [0, 0.1) is 0 Å². The van der Waals surface area contributed by atoms with E-state index in [9.17, 15) is 9.59 Å². The molecule has 0 N–H and O–H groups in total. The fourth-order valence-corrected chi connectivity index (χ4v) is 2.28. The number of carbonyl (C=O) groups excluding carboxylic acids is 2. The van der Waals surface area contributed by atoms with Crippen LogP contribution in [0.3, 0.4) is 0 Å². The van der Waals surface area contributed by atoms with Gasteiger partial charge in [-0.3, -0.25) is 4.79 Å². The standard InChI is InChI=1S/C15H19NO3/c1-5-10-11-8-6-7-9-12(11)16(13(10)17)14(18)19-15(2,3)4/h6-10H,5H2,1-4H3/t10-/m1/s1. The second-order valence-corrected chi connectivity index (χ2v) is 5.67.